The number of rotatable bonds is 1. The second-order valence-corrected chi connectivity index (χ2v) is 3.88. The van der Waals surface area contributed by atoms with Crippen molar-refractivity contribution in [2.75, 3.05) is 39.8 Å². The van der Waals surface area contributed by atoms with Gasteiger partial charge in [0.25, 0.3) is 0 Å². The van der Waals surface area contributed by atoms with Gasteiger partial charge in [0.15, 0.2) is 0 Å². The summed E-state index contributed by atoms with van der Waals surface area (Å²) in [6.45, 7) is 4.94. The van der Waals surface area contributed by atoms with E-state index < -0.39 is 0 Å². The lowest BCUT2D eigenvalue weighted by Gasteiger charge is -2.35. The van der Waals surface area contributed by atoms with Crippen LogP contribution in [0, 0.1) is 0 Å². The van der Waals surface area contributed by atoms with E-state index in [1.807, 2.05) is 0 Å². The Morgan fingerprint density at radius 3 is 2.54 bits per heavy atom. The Labute approximate surface area is 78.4 Å². The van der Waals surface area contributed by atoms with E-state index in [1.165, 1.54) is 0 Å². The maximum absolute atomic E-state index is 10.9. The summed E-state index contributed by atoms with van der Waals surface area (Å²) in [5.74, 6) is -0.0380. The van der Waals surface area contributed by atoms with E-state index in [4.69, 9.17) is 4.74 Å². The molecule has 0 aliphatic carbocycles. The lowest BCUT2D eigenvalue weighted by atomic mass is 10.2. The zero-order valence-corrected chi connectivity index (χ0v) is 8.03. The van der Waals surface area contributed by atoms with Crippen LogP contribution in [-0.4, -0.2) is 61.6 Å². The van der Waals surface area contributed by atoms with Gasteiger partial charge in [-0.3, -0.25) is 9.69 Å². The molecule has 0 aromatic rings. The number of carbonyl (C=O) groups excluding carboxylic acids is 1. The maximum atomic E-state index is 10.9. The number of hydrogen-bond acceptors (Lipinski definition) is 4. The van der Waals surface area contributed by atoms with Crippen molar-refractivity contribution in [3.63, 3.8) is 0 Å². The fraction of sp³-hybridized carbons (Fsp3) is 0.889. The summed E-state index contributed by atoms with van der Waals surface area (Å²) in [6.07, 6.45) is 0.587. The second kappa shape index (κ2) is 3.64. The van der Waals surface area contributed by atoms with Gasteiger partial charge in [-0.15, -0.1) is 0 Å². The number of esters is 1. The van der Waals surface area contributed by atoms with E-state index in [0.29, 0.717) is 19.1 Å². The van der Waals surface area contributed by atoms with Gasteiger partial charge in [-0.05, 0) is 7.05 Å². The van der Waals surface area contributed by atoms with Crippen LogP contribution in [-0.2, 0) is 9.53 Å². The zero-order chi connectivity index (χ0) is 9.26. The molecule has 0 radical (unpaired) electrons. The number of likely N-dealkylation sites (N-methyl/N-ethyl adjacent to an activating group) is 1. The van der Waals surface area contributed by atoms with Crippen LogP contribution in [0.2, 0.25) is 0 Å². The summed E-state index contributed by atoms with van der Waals surface area (Å²) in [7, 11) is 2.13. The molecule has 1 unspecified atom stereocenters. The van der Waals surface area contributed by atoms with Crippen LogP contribution in [0.1, 0.15) is 6.42 Å². The van der Waals surface area contributed by atoms with Gasteiger partial charge in [0.2, 0.25) is 0 Å². The first kappa shape index (κ1) is 8.97. The molecule has 13 heavy (non-hydrogen) atoms. The SMILES string of the molecule is CN1CCN(C2COC(=O)C2)CC1. The molecule has 0 aromatic carbocycles. The fourth-order valence-electron chi connectivity index (χ4n) is 1.92. The monoisotopic (exact) mass is 184 g/mol. The van der Waals surface area contributed by atoms with Crippen molar-refractivity contribution >= 4 is 5.97 Å². The van der Waals surface area contributed by atoms with Gasteiger partial charge in [-0.2, -0.15) is 0 Å². The molecular weight excluding hydrogens is 168 g/mol. The number of piperazine rings is 1. The minimum Gasteiger partial charge on any atom is -0.464 e. The molecule has 2 heterocycles. The Morgan fingerprint density at radius 1 is 1.31 bits per heavy atom. The number of hydrogen-bond donors (Lipinski definition) is 0. The standard InChI is InChI=1S/C9H16N2O2/c1-10-2-4-11(5-3-10)8-6-9(12)13-7-8/h8H,2-7H2,1H3. The van der Waals surface area contributed by atoms with Gasteiger partial charge >= 0.3 is 5.97 Å². The molecule has 2 rings (SSSR count). The first-order chi connectivity index (χ1) is 6.25. The Hall–Kier alpha value is -0.610. The lowest BCUT2D eigenvalue weighted by molar-refractivity contribution is -0.137. The molecule has 2 aliphatic heterocycles. The minimum atomic E-state index is -0.0380. The van der Waals surface area contributed by atoms with Crippen molar-refractivity contribution in [3.05, 3.63) is 0 Å². The minimum absolute atomic E-state index is 0.0380. The Balaban J connectivity index is 1.84. The van der Waals surface area contributed by atoms with Crippen LogP contribution in [0.3, 0.4) is 0 Å². The molecule has 2 aliphatic rings. The third-order valence-electron chi connectivity index (χ3n) is 2.89. The Bertz CT molecular complexity index is 200. The van der Waals surface area contributed by atoms with Crippen LogP contribution in [0.15, 0.2) is 0 Å². The van der Waals surface area contributed by atoms with E-state index in [1.54, 1.807) is 0 Å². The van der Waals surface area contributed by atoms with Crippen LogP contribution in [0.4, 0.5) is 0 Å². The van der Waals surface area contributed by atoms with Crippen molar-refractivity contribution in [3.8, 4) is 0 Å². The molecule has 0 bridgehead atoms. The topological polar surface area (TPSA) is 32.8 Å². The van der Waals surface area contributed by atoms with Crippen molar-refractivity contribution in [2.45, 2.75) is 12.5 Å². The van der Waals surface area contributed by atoms with Gasteiger partial charge in [0.1, 0.15) is 6.61 Å². The predicted molar refractivity (Wildman–Crippen MR) is 48.4 cm³/mol. The first-order valence-corrected chi connectivity index (χ1v) is 4.84. The summed E-state index contributed by atoms with van der Waals surface area (Å²) in [5, 5.41) is 0. The molecular formula is C9H16N2O2. The third-order valence-corrected chi connectivity index (χ3v) is 2.89. The van der Waals surface area contributed by atoms with Crippen molar-refractivity contribution in [2.24, 2.45) is 0 Å². The third kappa shape index (κ3) is 2.00. The van der Waals surface area contributed by atoms with Crippen LogP contribution >= 0.6 is 0 Å². The molecule has 74 valence electrons. The largest absolute Gasteiger partial charge is 0.464 e. The summed E-state index contributed by atoms with van der Waals surface area (Å²) < 4.78 is 4.95. The van der Waals surface area contributed by atoms with Crippen LogP contribution in [0.25, 0.3) is 0 Å². The van der Waals surface area contributed by atoms with E-state index in [9.17, 15) is 4.79 Å². The number of nitrogens with zero attached hydrogens (tertiary/aromatic N) is 2. The molecule has 2 fully saturated rings. The zero-order valence-electron chi connectivity index (χ0n) is 8.03. The van der Waals surface area contributed by atoms with E-state index in [2.05, 4.69) is 16.8 Å². The quantitative estimate of drug-likeness (QED) is 0.517. The van der Waals surface area contributed by atoms with Gasteiger partial charge in [0.05, 0.1) is 12.5 Å². The Morgan fingerprint density at radius 2 is 2.00 bits per heavy atom. The lowest BCUT2D eigenvalue weighted by Crippen LogP contribution is -2.49. The molecule has 0 aromatic heterocycles. The fourth-order valence-corrected chi connectivity index (χ4v) is 1.92. The molecule has 0 N–H and O–H groups in total. The van der Waals surface area contributed by atoms with Crippen molar-refractivity contribution in [1.29, 1.82) is 0 Å². The van der Waals surface area contributed by atoms with Crippen molar-refractivity contribution in [1.82, 2.24) is 9.80 Å². The molecule has 4 heteroatoms. The molecule has 0 saturated carbocycles. The summed E-state index contributed by atoms with van der Waals surface area (Å²) in [5.41, 5.74) is 0. The maximum Gasteiger partial charge on any atom is 0.307 e. The highest BCUT2D eigenvalue weighted by Crippen LogP contribution is 2.15. The number of cyclic esters (lactones) is 1. The average Bonchev–Trinajstić information content (AvgIpc) is 2.53. The van der Waals surface area contributed by atoms with E-state index >= 15 is 0 Å². The molecule has 4 nitrogen and oxygen atoms in total. The van der Waals surface area contributed by atoms with Gasteiger partial charge in [-0.1, -0.05) is 0 Å². The van der Waals surface area contributed by atoms with E-state index in [0.717, 1.165) is 26.2 Å². The van der Waals surface area contributed by atoms with Crippen molar-refractivity contribution < 1.29 is 9.53 Å². The molecule has 0 amide bonds. The summed E-state index contributed by atoms with van der Waals surface area (Å²) >= 11 is 0. The summed E-state index contributed by atoms with van der Waals surface area (Å²) in [4.78, 5) is 15.6. The summed E-state index contributed by atoms with van der Waals surface area (Å²) in [6, 6.07) is 0.348. The average molecular weight is 184 g/mol. The molecule has 1 atom stereocenters. The number of ether oxygens (including phenoxy) is 1. The predicted octanol–water partition coefficient (Wildman–Crippen LogP) is -0.451. The second-order valence-electron chi connectivity index (χ2n) is 3.88. The van der Waals surface area contributed by atoms with E-state index in [-0.39, 0.29) is 5.97 Å². The first-order valence-electron chi connectivity index (χ1n) is 4.84. The highest BCUT2D eigenvalue weighted by atomic mass is 16.5. The number of carbonyl (C=O) groups is 1. The van der Waals surface area contributed by atoms with Gasteiger partial charge < -0.3 is 9.64 Å². The highest BCUT2D eigenvalue weighted by Gasteiger charge is 2.30. The van der Waals surface area contributed by atoms with Gasteiger partial charge in [0, 0.05) is 26.2 Å². The molecule has 2 saturated heterocycles. The smallest absolute Gasteiger partial charge is 0.307 e. The normalized spacial score (nSPS) is 32.1. The Kier molecular flexibility index (Phi) is 2.51. The highest BCUT2D eigenvalue weighted by molar-refractivity contribution is 5.72. The molecule has 0 spiro atoms. The van der Waals surface area contributed by atoms with Crippen LogP contribution in [0.5, 0.6) is 0 Å². The van der Waals surface area contributed by atoms with Crippen LogP contribution < -0.4 is 0 Å². The van der Waals surface area contributed by atoms with Gasteiger partial charge in [-0.25, -0.2) is 0 Å².